The lowest BCUT2D eigenvalue weighted by molar-refractivity contribution is -0.160. The molecule has 1 aliphatic heterocycles. The van der Waals surface area contributed by atoms with Gasteiger partial charge in [-0.1, -0.05) is 13.8 Å². The first kappa shape index (κ1) is 8.09. The Hall–Kier alpha value is -0.530. The molecular formula is C10H16O2. The first-order valence-electron chi connectivity index (χ1n) is 4.87. The number of esters is 1. The third-order valence-corrected chi connectivity index (χ3v) is 3.52. The zero-order chi connectivity index (χ0) is 8.72. The highest BCUT2D eigenvalue weighted by molar-refractivity contribution is 5.74. The van der Waals surface area contributed by atoms with Crippen molar-refractivity contribution in [2.24, 2.45) is 23.7 Å². The number of carbonyl (C=O) groups is 1. The minimum absolute atomic E-state index is 0.0584. The van der Waals surface area contributed by atoms with Crippen LogP contribution in [0.1, 0.15) is 26.7 Å². The Balaban J connectivity index is 2.18. The van der Waals surface area contributed by atoms with Crippen molar-refractivity contribution in [3.63, 3.8) is 0 Å². The summed E-state index contributed by atoms with van der Waals surface area (Å²) in [4.78, 5) is 11.4. The summed E-state index contributed by atoms with van der Waals surface area (Å²) >= 11 is 0. The molecule has 2 aliphatic rings. The van der Waals surface area contributed by atoms with E-state index in [9.17, 15) is 4.79 Å². The van der Waals surface area contributed by atoms with Crippen molar-refractivity contribution in [1.82, 2.24) is 0 Å². The third-order valence-electron chi connectivity index (χ3n) is 3.52. The van der Waals surface area contributed by atoms with Crippen molar-refractivity contribution >= 4 is 5.97 Å². The third kappa shape index (κ3) is 1.05. The van der Waals surface area contributed by atoms with E-state index in [0.717, 1.165) is 0 Å². The van der Waals surface area contributed by atoms with E-state index in [1.165, 1.54) is 12.8 Å². The van der Waals surface area contributed by atoms with Crippen molar-refractivity contribution in [1.29, 1.82) is 0 Å². The van der Waals surface area contributed by atoms with Crippen LogP contribution in [0.2, 0.25) is 0 Å². The highest BCUT2D eigenvalue weighted by Gasteiger charge is 2.45. The molecule has 1 unspecified atom stereocenters. The molecule has 0 aromatic rings. The van der Waals surface area contributed by atoms with Crippen LogP contribution in [-0.2, 0) is 9.53 Å². The summed E-state index contributed by atoms with van der Waals surface area (Å²) in [5, 5.41) is 0. The highest BCUT2D eigenvalue weighted by atomic mass is 16.5. The Morgan fingerprint density at radius 1 is 1.25 bits per heavy atom. The maximum atomic E-state index is 11.4. The molecule has 1 saturated heterocycles. The van der Waals surface area contributed by atoms with Crippen LogP contribution in [0.4, 0.5) is 0 Å². The molecule has 0 amide bonds. The van der Waals surface area contributed by atoms with Crippen LogP contribution >= 0.6 is 0 Å². The van der Waals surface area contributed by atoms with E-state index in [1.54, 1.807) is 0 Å². The Labute approximate surface area is 73.3 Å². The molecule has 0 spiro atoms. The molecular weight excluding hydrogens is 152 g/mol. The minimum atomic E-state index is 0.0584. The Kier molecular flexibility index (Phi) is 1.85. The highest BCUT2D eigenvalue weighted by Crippen LogP contribution is 2.44. The second-order valence-corrected chi connectivity index (χ2v) is 4.35. The summed E-state index contributed by atoms with van der Waals surface area (Å²) in [6.07, 6.45) is 2.43. The SMILES string of the molecule is C[C@H]1COC(=O)[C@H]2C1CC[C@@H]2C. The molecule has 68 valence electrons. The molecule has 0 aromatic carbocycles. The molecule has 2 nitrogen and oxygen atoms in total. The average Bonchev–Trinajstić information content (AvgIpc) is 2.42. The van der Waals surface area contributed by atoms with E-state index in [0.29, 0.717) is 24.4 Å². The van der Waals surface area contributed by atoms with Crippen LogP contribution in [-0.4, -0.2) is 12.6 Å². The lowest BCUT2D eigenvalue weighted by atomic mass is 9.81. The summed E-state index contributed by atoms with van der Waals surface area (Å²) in [6.45, 7) is 5.01. The van der Waals surface area contributed by atoms with Crippen molar-refractivity contribution < 1.29 is 9.53 Å². The zero-order valence-corrected chi connectivity index (χ0v) is 7.75. The standard InChI is InChI=1S/C10H16O2/c1-6-3-4-8-7(2)5-12-10(11)9(6)8/h6-9H,3-5H2,1-2H3/t6-,7-,8?,9+/m0/s1. The normalized spacial score (nSPS) is 47.0. The largest absolute Gasteiger partial charge is 0.465 e. The molecule has 12 heavy (non-hydrogen) atoms. The van der Waals surface area contributed by atoms with Crippen LogP contribution in [0.15, 0.2) is 0 Å². The first-order chi connectivity index (χ1) is 5.70. The summed E-state index contributed by atoms with van der Waals surface area (Å²) in [6, 6.07) is 0. The first-order valence-corrected chi connectivity index (χ1v) is 4.87. The average molecular weight is 168 g/mol. The summed E-state index contributed by atoms with van der Waals surface area (Å²) in [5.41, 5.74) is 0. The molecule has 2 fully saturated rings. The number of ether oxygens (including phenoxy) is 1. The molecule has 0 bridgehead atoms. The van der Waals surface area contributed by atoms with Gasteiger partial charge in [0.15, 0.2) is 0 Å². The van der Waals surface area contributed by atoms with Gasteiger partial charge < -0.3 is 4.74 Å². The van der Waals surface area contributed by atoms with E-state index < -0.39 is 0 Å². The monoisotopic (exact) mass is 168 g/mol. The fourth-order valence-corrected chi connectivity index (χ4v) is 2.72. The molecule has 2 rings (SSSR count). The number of rotatable bonds is 0. The van der Waals surface area contributed by atoms with Gasteiger partial charge in [0, 0.05) is 0 Å². The van der Waals surface area contributed by atoms with E-state index >= 15 is 0 Å². The van der Waals surface area contributed by atoms with Gasteiger partial charge in [0.2, 0.25) is 0 Å². The van der Waals surface area contributed by atoms with Crippen LogP contribution in [0.25, 0.3) is 0 Å². The Morgan fingerprint density at radius 3 is 2.67 bits per heavy atom. The molecule has 2 heteroatoms. The quantitative estimate of drug-likeness (QED) is 0.516. The van der Waals surface area contributed by atoms with Gasteiger partial charge in [-0.25, -0.2) is 0 Å². The van der Waals surface area contributed by atoms with Gasteiger partial charge in [0.05, 0.1) is 12.5 Å². The molecule has 0 aromatic heterocycles. The number of hydrogen-bond acceptors (Lipinski definition) is 2. The second-order valence-electron chi connectivity index (χ2n) is 4.35. The Bertz CT molecular complexity index is 200. The number of hydrogen-bond donors (Lipinski definition) is 0. The van der Waals surface area contributed by atoms with Gasteiger partial charge >= 0.3 is 5.97 Å². The molecule has 1 heterocycles. The molecule has 0 N–H and O–H groups in total. The van der Waals surface area contributed by atoms with Crippen LogP contribution in [0, 0.1) is 23.7 Å². The summed E-state index contributed by atoms with van der Waals surface area (Å²) in [7, 11) is 0. The maximum absolute atomic E-state index is 11.4. The molecule has 1 saturated carbocycles. The number of cyclic esters (lactones) is 1. The van der Waals surface area contributed by atoms with E-state index in [4.69, 9.17) is 4.74 Å². The lowest BCUT2D eigenvalue weighted by Crippen LogP contribution is -2.37. The number of carbonyl (C=O) groups excluding carboxylic acids is 1. The fraction of sp³-hybridized carbons (Fsp3) is 0.900. The molecule has 4 atom stereocenters. The predicted octanol–water partition coefficient (Wildman–Crippen LogP) is 1.84. The number of fused-ring (bicyclic) bond motifs is 1. The molecule has 1 aliphatic carbocycles. The van der Waals surface area contributed by atoms with E-state index in [-0.39, 0.29) is 11.9 Å². The van der Waals surface area contributed by atoms with E-state index in [2.05, 4.69) is 13.8 Å². The van der Waals surface area contributed by atoms with Crippen molar-refractivity contribution in [2.75, 3.05) is 6.61 Å². The molecule has 0 radical (unpaired) electrons. The minimum Gasteiger partial charge on any atom is -0.465 e. The second kappa shape index (κ2) is 2.75. The van der Waals surface area contributed by atoms with Gasteiger partial charge in [-0.3, -0.25) is 4.79 Å². The Morgan fingerprint density at radius 2 is 2.00 bits per heavy atom. The predicted molar refractivity (Wildman–Crippen MR) is 45.5 cm³/mol. The van der Waals surface area contributed by atoms with Crippen LogP contribution < -0.4 is 0 Å². The van der Waals surface area contributed by atoms with Gasteiger partial charge in [-0.15, -0.1) is 0 Å². The van der Waals surface area contributed by atoms with Crippen LogP contribution in [0.3, 0.4) is 0 Å². The van der Waals surface area contributed by atoms with E-state index in [1.807, 2.05) is 0 Å². The van der Waals surface area contributed by atoms with Gasteiger partial charge in [0.1, 0.15) is 0 Å². The van der Waals surface area contributed by atoms with Crippen molar-refractivity contribution in [2.45, 2.75) is 26.7 Å². The smallest absolute Gasteiger partial charge is 0.309 e. The van der Waals surface area contributed by atoms with Crippen molar-refractivity contribution in [3.8, 4) is 0 Å². The van der Waals surface area contributed by atoms with Crippen molar-refractivity contribution in [3.05, 3.63) is 0 Å². The summed E-state index contributed by atoms with van der Waals surface area (Å²) < 4.78 is 5.14. The van der Waals surface area contributed by atoms with Gasteiger partial charge in [-0.2, -0.15) is 0 Å². The van der Waals surface area contributed by atoms with Gasteiger partial charge in [0.25, 0.3) is 0 Å². The van der Waals surface area contributed by atoms with Crippen LogP contribution in [0.5, 0.6) is 0 Å². The zero-order valence-electron chi connectivity index (χ0n) is 7.75. The topological polar surface area (TPSA) is 26.3 Å². The fourth-order valence-electron chi connectivity index (χ4n) is 2.72. The maximum Gasteiger partial charge on any atom is 0.309 e. The lowest BCUT2D eigenvalue weighted by Gasteiger charge is -2.31. The summed E-state index contributed by atoms with van der Waals surface area (Å²) in [5.74, 6) is 2.01. The van der Waals surface area contributed by atoms with Gasteiger partial charge in [-0.05, 0) is 30.6 Å².